The Bertz CT molecular complexity index is 491. The second-order valence-corrected chi connectivity index (χ2v) is 3.46. The predicted molar refractivity (Wildman–Crippen MR) is 58.2 cm³/mol. The Morgan fingerprint density at radius 2 is 1.93 bits per heavy atom. The molecule has 1 aromatic heterocycles. The summed E-state index contributed by atoms with van der Waals surface area (Å²) in [6.07, 6.45) is 1.48. The molecule has 0 saturated heterocycles. The van der Waals surface area contributed by atoms with E-state index < -0.39 is 5.97 Å². The van der Waals surface area contributed by atoms with Crippen LogP contribution < -0.4 is 0 Å². The number of carbonyl (C=O) groups is 1. The minimum atomic E-state index is -1.01. The van der Waals surface area contributed by atoms with Crippen molar-refractivity contribution in [2.45, 2.75) is 0 Å². The number of halogens is 1. The molecule has 0 fully saturated rings. The van der Waals surface area contributed by atoms with Crippen molar-refractivity contribution in [2.24, 2.45) is 0 Å². The first-order chi connectivity index (χ1) is 7.20. The van der Waals surface area contributed by atoms with Gasteiger partial charge in [0.2, 0.25) is 0 Å². The number of benzene rings is 1. The SMILES string of the molecule is O=C(O)c1[nH]cc(Cl)c1-c1ccccc1. The summed E-state index contributed by atoms with van der Waals surface area (Å²) >= 11 is 5.93. The zero-order valence-corrected chi connectivity index (χ0v) is 8.45. The van der Waals surface area contributed by atoms with Gasteiger partial charge in [-0.2, -0.15) is 0 Å². The summed E-state index contributed by atoms with van der Waals surface area (Å²) in [6.45, 7) is 0. The molecule has 0 bridgehead atoms. The van der Waals surface area contributed by atoms with Crippen molar-refractivity contribution in [2.75, 3.05) is 0 Å². The average molecular weight is 222 g/mol. The Morgan fingerprint density at radius 1 is 1.27 bits per heavy atom. The van der Waals surface area contributed by atoms with Crippen molar-refractivity contribution in [3.8, 4) is 11.1 Å². The molecule has 2 N–H and O–H groups in total. The summed E-state index contributed by atoms with van der Waals surface area (Å²) in [5.41, 5.74) is 1.44. The minimum Gasteiger partial charge on any atom is -0.477 e. The number of aromatic carboxylic acids is 1. The number of carboxylic acids is 1. The van der Waals surface area contributed by atoms with E-state index in [1.165, 1.54) is 6.20 Å². The van der Waals surface area contributed by atoms with Gasteiger partial charge >= 0.3 is 5.97 Å². The van der Waals surface area contributed by atoms with Crippen LogP contribution in [0.5, 0.6) is 0 Å². The van der Waals surface area contributed by atoms with Crippen LogP contribution in [0, 0.1) is 0 Å². The first-order valence-electron chi connectivity index (χ1n) is 4.35. The van der Waals surface area contributed by atoms with Crippen molar-refractivity contribution in [1.82, 2.24) is 4.98 Å². The lowest BCUT2D eigenvalue weighted by atomic mass is 10.1. The van der Waals surface area contributed by atoms with Gasteiger partial charge < -0.3 is 10.1 Å². The molecule has 1 aromatic carbocycles. The van der Waals surface area contributed by atoms with Gasteiger partial charge in [-0.3, -0.25) is 0 Å². The molecule has 0 spiro atoms. The summed E-state index contributed by atoms with van der Waals surface area (Å²) < 4.78 is 0. The first kappa shape index (κ1) is 9.80. The molecule has 15 heavy (non-hydrogen) atoms. The molecule has 2 rings (SSSR count). The average Bonchev–Trinajstić information content (AvgIpc) is 2.61. The topological polar surface area (TPSA) is 53.1 Å². The first-order valence-corrected chi connectivity index (χ1v) is 4.73. The number of aromatic nitrogens is 1. The van der Waals surface area contributed by atoms with Gasteiger partial charge in [-0.1, -0.05) is 41.9 Å². The van der Waals surface area contributed by atoms with E-state index in [1.807, 2.05) is 30.3 Å². The molecule has 1 heterocycles. The minimum absolute atomic E-state index is 0.117. The molecule has 0 aliphatic carbocycles. The smallest absolute Gasteiger partial charge is 0.353 e. The summed E-state index contributed by atoms with van der Waals surface area (Å²) in [4.78, 5) is 13.6. The number of aromatic amines is 1. The summed E-state index contributed by atoms with van der Waals surface area (Å²) in [5, 5.41) is 9.37. The van der Waals surface area contributed by atoms with Crippen LogP contribution in [0.4, 0.5) is 0 Å². The zero-order valence-electron chi connectivity index (χ0n) is 7.70. The molecule has 0 radical (unpaired) electrons. The van der Waals surface area contributed by atoms with E-state index in [0.29, 0.717) is 10.6 Å². The van der Waals surface area contributed by atoms with Crippen LogP contribution in [0.25, 0.3) is 11.1 Å². The lowest BCUT2D eigenvalue weighted by Crippen LogP contribution is -1.98. The van der Waals surface area contributed by atoms with Crippen LogP contribution in [-0.2, 0) is 0 Å². The predicted octanol–water partition coefficient (Wildman–Crippen LogP) is 3.03. The number of carboxylic acid groups (broad SMARTS) is 1. The lowest BCUT2D eigenvalue weighted by molar-refractivity contribution is 0.0692. The van der Waals surface area contributed by atoms with Gasteiger partial charge in [0.1, 0.15) is 5.69 Å². The monoisotopic (exact) mass is 221 g/mol. The highest BCUT2D eigenvalue weighted by molar-refractivity contribution is 6.34. The van der Waals surface area contributed by atoms with E-state index in [9.17, 15) is 4.79 Å². The van der Waals surface area contributed by atoms with Crippen molar-refractivity contribution < 1.29 is 9.90 Å². The molecule has 0 aliphatic heterocycles. The van der Waals surface area contributed by atoms with Crippen LogP contribution in [0.1, 0.15) is 10.5 Å². The highest BCUT2D eigenvalue weighted by atomic mass is 35.5. The van der Waals surface area contributed by atoms with Crippen molar-refractivity contribution in [3.63, 3.8) is 0 Å². The third-order valence-corrected chi connectivity index (χ3v) is 2.41. The molecule has 0 saturated carbocycles. The van der Waals surface area contributed by atoms with Crippen LogP contribution in [-0.4, -0.2) is 16.1 Å². The maximum atomic E-state index is 10.9. The maximum Gasteiger partial charge on any atom is 0.353 e. The molecule has 2 aromatic rings. The Labute approximate surface area is 91.3 Å². The Hall–Kier alpha value is -1.74. The van der Waals surface area contributed by atoms with Crippen molar-refractivity contribution >= 4 is 17.6 Å². The molecular formula is C11H8ClNO2. The fourth-order valence-electron chi connectivity index (χ4n) is 1.45. The normalized spacial score (nSPS) is 10.2. The van der Waals surface area contributed by atoms with Crippen LogP contribution in [0.2, 0.25) is 5.02 Å². The van der Waals surface area contributed by atoms with Gasteiger partial charge in [0.05, 0.1) is 5.02 Å². The third-order valence-electron chi connectivity index (χ3n) is 2.11. The standard InChI is InChI=1S/C11H8ClNO2/c12-8-6-13-10(11(14)15)9(8)7-4-2-1-3-5-7/h1-6,13H,(H,14,15). The highest BCUT2D eigenvalue weighted by Crippen LogP contribution is 2.30. The zero-order chi connectivity index (χ0) is 10.8. The van der Waals surface area contributed by atoms with Crippen molar-refractivity contribution in [3.05, 3.63) is 47.2 Å². The number of hydrogen-bond acceptors (Lipinski definition) is 1. The van der Waals surface area contributed by atoms with Crippen molar-refractivity contribution in [1.29, 1.82) is 0 Å². The van der Waals surface area contributed by atoms with Gasteiger partial charge in [0.25, 0.3) is 0 Å². The molecule has 0 aliphatic rings. The van der Waals surface area contributed by atoms with Gasteiger partial charge in [-0.25, -0.2) is 4.79 Å². The largest absolute Gasteiger partial charge is 0.477 e. The maximum absolute atomic E-state index is 10.9. The van der Waals surface area contributed by atoms with Crippen LogP contribution in [0.15, 0.2) is 36.5 Å². The second-order valence-electron chi connectivity index (χ2n) is 3.06. The summed E-state index contributed by atoms with van der Waals surface area (Å²) in [6, 6.07) is 9.18. The van der Waals surface area contributed by atoms with E-state index in [2.05, 4.69) is 4.98 Å². The van der Waals surface area contributed by atoms with E-state index in [1.54, 1.807) is 0 Å². The Balaban J connectivity index is 2.62. The highest BCUT2D eigenvalue weighted by Gasteiger charge is 2.16. The number of rotatable bonds is 2. The molecule has 3 nitrogen and oxygen atoms in total. The van der Waals surface area contributed by atoms with Crippen LogP contribution >= 0.6 is 11.6 Å². The molecule has 4 heteroatoms. The number of H-pyrrole nitrogens is 1. The van der Waals surface area contributed by atoms with E-state index in [4.69, 9.17) is 16.7 Å². The van der Waals surface area contributed by atoms with E-state index in [-0.39, 0.29) is 5.69 Å². The quantitative estimate of drug-likeness (QED) is 0.819. The molecule has 0 unspecified atom stereocenters. The Kier molecular flexibility index (Phi) is 2.47. The number of nitrogens with one attached hydrogen (secondary N) is 1. The molecule has 76 valence electrons. The second kappa shape index (κ2) is 3.79. The van der Waals surface area contributed by atoms with Gasteiger partial charge in [-0.15, -0.1) is 0 Å². The number of hydrogen-bond donors (Lipinski definition) is 2. The van der Waals surface area contributed by atoms with Crippen LogP contribution in [0.3, 0.4) is 0 Å². The molecule has 0 atom stereocenters. The summed E-state index contributed by atoms with van der Waals surface area (Å²) in [5.74, 6) is -1.01. The molecular weight excluding hydrogens is 214 g/mol. The third kappa shape index (κ3) is 1.74. The fourth-order valence-corrected chi connectivity index (χ4v) is 1.71. The van der Waals surface area contributed by atoms with Gasteiger partial charge in [0.15, 0.2) is 0 Å². The van der Waals surface area contributed by atoms with E-state index in [0.717, 1.165) is 5.56 Å². The lowest BCUT2D eigenvalue weighted by Gasteiger charge is -2.00. The van der Waals surface area contributed by atoms with Gasteiger partial charge in [0, 0.05) is 11.8 Å². The van der Waals surface area contributed by atoms with Gasteiger partial charge in [-0.05, 0) is 5.56 Å². The Morgan fingerprint density at radius 3 is 2.53 bits per heavy atom. The fraction of sp³-hybridized carbons (Fsp3) is 0. The van der Waals surface area contributed by atoms with E-state index >= 15 is 0 Å². The molecule has 0 amide bonds. The summed E-state index contributed by atoms with van der Waals surface area (Å²) in [7, 11) is 0.